The molecular weight excluding hydrogens is 284 g/mol. The SMILES string of the molecule is O=P([O-])([O-])C(O)(CCCO)P(=O)(O)O.[Na+].[Na+]. The molecule has 8 nitrogen and oxygen atoms in total. The molecule has 0 saturated heterocycles. The average Bonchev–Trinajstić information content (AvgIpc) is 1.95. The number of hydrogen-bond donors (Lipinski definition) is 4. The van der Waals surface area contributed by atoms with Crippen LogP contribution in [0.3, 0.4) is 0 Å². The molecule has 0 radical (unpaired) electrons. The van der Waals surface area contributed by atoms with Crippen LogP contribution in [0.2, 0.25) is 0 Å². The van der Waals surface area contributed by atoms with Crippen molar-refractivity contribution >= 4 is 15.2 Å². The predicted molar refractivity (Wildman–Crippen MR) is 40.9 cm³/mol. The van der Waals surface area contributed by atoms with E-state index < -0.39 is 39.7 Å². The quantitative estimate of drug-likeness (QED) is 0.287. The van der Waals surface area contributed by atoms with Gasteiger partial charge in [0.05, 0.1) is 0 Å². The maximum Gasteiger partial charge on any atom is 1.00 e. The summed E-state index contributed by atoms with van der Waals surface area (Å²) in [5.41, 5.74) is 0. The smallest absolute Gasteiger partial charge is 0.808 e. The molecule has 12 heteroatoms. The van der Waals surface area contributed by atoms with Crippen LogP contribution in [0.5, 0.6) is 0 Å². The summed E-state index contributed by atoms with van der Waals surface area (Å²) in [6, 6.07) is 0. The van der Waals surface area contributed by atoms with Crippen molar-refractivity contribution in [1.82, 2.24) is 0 Å². The minimum atomic E-state index is -5.86. The summed E-state index contributed by atoms with van der Waals surface area (Å²) in [7, 11) is -11.3. The average molecular weight is 294 g/mol. The molecule has 0 aliphatic carbocycles. The molecule has 0 amide bonds. The second-order valence-electron chi connectivity index (χ2n) is 2.64. The Morgan fingerprint density at radius 1 is 1.12 bits per heavy atom. The Morgan fingerprint density at radius 3 is 1.69 bits per heavy atom. The van der Waals surface area contributed by atoms with Crippen LogP contribution < -0.4 is 68.9 Å². The van der Waals surface area contributed by atoms with Gasteiger partial charge in [-0.3, -0.25) is 4.57 Å². The second-order valence-corrected chi connectivity index (χ2v) is 6.56. The molecule has 0 aromatic carbocycles. The van der Waals surface area contributed by atoms with Gasteiger partial charge in [-0.2, -0.15) is 0 Å². The molecule has 0 aliphatic heterocycles. The minimum absolute atomic E-state index is 0. The third kappa shape index (κ3) is 5.91. The summed E-state index contributed by atoms with van der Waals surface area (Å²) in [6.07, 6.45) is -1.41. The zero-order chi connectivity index (χ0) is 11.6. The van der Waals surface area contributed by atoms with Crippen molar-refractivity contribution in [2.24, 2.45) is 0 Å². The summed E-state index contributed by atoms with van der Waals surface area (Å²) in [5.74, 6) is 0. The maximum absolute atomic E-state index is 10.6. The van der Waals surface area contributed by atoms with E-state index in [1.165, 1.54) is 0 Å². The minimum Gasteiger partial charge on any atom is -0.808 e. The molecule has 0 aromatic rings. The summed E-state index contributed by atoms with van der Waals surface area (Å²) < 4.78 is 21.1. The fraction of sp³-hybridized carbons (Fsp3) is 1.00. The molecule has 1 atom stereocenters. The second kappa shape index (κ2) is 8.40. The Kier molecular flexibility index (Phi) is 12.2. The van der Waals surface area contributed by atoms with Crippen LogP contribution in [0.25, 0.3) is 0 Å². The standard InChI is InChI=1S/C4H12O8P2.2Na/c5-3-1-2-4(6,13(7,8)9)14(10,11)12;;/h5-6H,1-3H2,(H2,7,8,9)(H2,10,11,12);;/q;2*+1/p-2. The third-order valence-corrected chi connectivity index (χ3v) is 5.35. The molecule has 0 bridgehead atoms. The molecule has 86 valence electrons. The Hall–Kier alpha value is 2.22. The van der Waals surface area contributed by atoms with Gasteiger partial charge in [0, 0.05) is 6.61 Å². The first-order chi connectivity index (χ1) is 6.06. The van der Waals surface area contributed by atoms with Crippen molar-refractivity contribution in [1.29, 1.82) is 0 Å². The van der Waals surface area contributed by atoms with Crippen LogP contribution in [0, 0.1) is 0 Å². The number of aliphatic hydroxyl groups is 2. The maximum atomic E-state index is 10.6. The summed E-state index contributed by atoms with van der Waals surface area (Å²) >= 11 is 0. The first-order valence-corrected chi connectivity index (χ1v) is 6.63. The van der Waals surface area contributed by atoms with Crippen molar-refractivity contribution in [2.45, 2.75) is 17.9 Å². The van der Waals surface area contributed by atoms with Gasteiger partial charge >= 0.3 is 66.7 Å². The van der Waals surface area contributed by atoms with Gasteiger partial charge < -0.3 is 34.4 Å². The molecule has 0 heterocycles. The Morgan fingerprint density at radius 2 is 1.50 bits per heavy atom. The fourth-order valence-electron chi connectivity index (χ4n) is 0.758. The van der Waals surface area contributed by atoms with E-state index in [-0.39, 0.29) is 59.1 Å². The molecule has 0 rings (SSSR count). The van der Waals surface area contributed by atoms with Crippen LogP contribution in [-0.4, -0.2) is 31.7 Å². The third-order valence-electron chi connectivity index (χ3n) is 1.58. The predicted octanol–water partition coefficient (Wildman–Crippen LogP) is -8.50. The van der Waals surface area contributed by atoms with Gasteiger partial charge in [-0.1, -0.05) is 0 Å². The zero-order valence-electron chi connectivity index (χ0n) is 8.94. The molecule has 0 aliphatic rings. The summed E-state index contributed by atoms with van der Waals surface area (Å²) in [6.45, 7) is -0.595. The van der Waals surface area contributed by atoms with Crippen molar-refractivity contribution in [3.8, 4) is 0 Å². The van der Waals surface area contributed by atoms with Crippen LogP contribution in [0.4, 0.5) is 0 Å². The molecule has 0 fully saturated rings. The van der Waals surface area contributed by atoms with Crippen LogP contribution in [0.15, 0.2) is 0 Å². The van der Waals surface area contributed by atoms with E-state index in [2.05, 4.69) is 0 Å². The monoisotopic (exact) mass is 294 g/mol. The molecule has 4 N–H and O–H groups in total. The molecule has 0 spiro atoms. The van der Waals surface area contributed by atoms with Crippen LogP contribution in [-0.2, 0) is 9.13 Å². The van der Waals surface area contributed by atoms with Gasteiger partial charge in [-0.25, -0.2) is 0 Å². The van der Waals surface area contributed by atoms with Crippen molar-refractivity contribution in [3.05, 3.63) is 0 Å². The van der Waals surface area contributed by atoms with E-state index in [1.54, 1.807) is 0 Å². The van der Waals surface area contributed by atoms with Crippen molar-refractivity contribution < 1.29 is 98.0 Å². The Balaban J connectivity index is -0.000000845. The van der Waals surface area contributed by atoms with E-state index >= 15 is 0 Å². The number of hydrogen-bond acceptors (Lipinski definition) is 6. The van der Waals surface area contributed by atoms with E-state index in [1.807, 2.05) is 0 Å². The van der Waals surface area contributed by atoms with Gasteiger partial charge in [-0.05, 0) is 20.4 Å². The van der Waals surface area contributed by atoms with Gasteiger partial charge in [-0.15, -0.1) is 0 Å². The topological polar surface area (TPSA) is 161 Å². The van der Waals surface area contributed by atoms with E-state index in [4.69, 9.17) is 20.0 Å². The largest absolute Gasteiger partial charge is 1.00 e. The van der Waals surface area contributed by atoms with E-state index in [0.717, 1.165) is 0 Å². The van der Waals surface area contributed by atoms with Crippen LogP contribution in [0.1, 0.15) is 12.8 Å². The molecule has 0 aromatic heterocycles. The fourth-order valence-corrected chi connectivity index (χ4v) is 2.92. The van der Waals surface area contributed by atoms with E-state index in [0.29, 0.717) is 0 Å². The number of aliphatic hydroxyl groups excluding tert-OH is 1. The zero-order valence-corrected chi connectivity index (χ0v) is 14.7. The molecule has 16 heavy (non-hydrogen) atoms. The van der Waals surface area contributed by atoms with Gasteiger partial charge in [0.1, 0.15) is 0 Å². The summed E-state index contributed by atoms with van der Waals surface area (Å²) in [4.78, 5) is 37.9. The normalized spacial score (nSPS) is 15.6. The molecule has 0 saturated carbocycles. The van der Waals surface area contributed by atoms with Gasteiger partial charge in [0.25, 0.3) is 0 Å². The van der Waals surface area contributed by atoms with Crippen molar-refractivity contribution in [3.63, 3.8) is 0 Å². The van der Waals surface area contributed by atoms with E-state index in [9.17, 15) is 18.9 Å². The Labute approximate surface area is 136 Å². The van der Waals surface area contributed by atoms with Gasteiger partial charge in [0.15, 0.2) is 5.08 Å². The first kappa shape index (κ1) is 23.3. The summed E-state index contributed by atoms with van der Waals surface area (Å²) in [5, 5.41) is 13.7. The Bertz CT molecular complexity index is 262. The first-order valence-electron chi connectivity index (χ1n) is 3.47. The van der Waals surface area contributed by atoms with Crippen LogP contribution >= 0.6 is 15.2 Å². The molecule has 1 unspecified atom stereocenters. The number of rotatable bonds is 5. The molecular formula is C4H10Na2O8P2. The van der Waals surface area contributed by atoms with Gasteiger partial charge in [0.2, 0.25) is 0 Å². The van der Waals surface area contributed by atoms with Crippen molar-refractivity contribution in [2.75, 3.05) is 6.61 Å².